The van der Waals surface area contributed by atoms with Crippen LogP contribution in [0.5, 0.6) is 0 Å². The molecule has 2 saturated carbocycles. The Bertz CT molecular complexity index is 232. The third kappa shape index (κ3) is 4.70. The third-order valence-corrected chi connectivity index (χ3v) is 11.1. The van der Waals surface area contributed by atoms with Gasteiger partial charge in [0.1, 0.15) is 0 Å². The first-order valence-electron chi connectivity index (χ1n) is 8.40. The first kappa shape index (κ1) is 16.3. The van der Waals surface area contributed by atoms with Crippen molar-refractivity contribution in [1.82, 2.24) is 0 Å². The molecule has 0 spiro atoms. The molecule has 4 heteroatoms. The Morgan fingerprint density at radius 2 is 0.700 bits per heavy atom. The molecule has 2 aliphatic carbocycles. The maximum absolute atomic E-state index is 2.30. The normalized spacial score (nSPS) is 40.8. The summed E-state index contributed by atoms with van der Waals surface area (Å²) >= 11 is 9.22. The predicted molar refractivity (Wildman–Crippen MR) is 102 cm³/mol. The summed E-state index contributed by atoms with van der Waals surface area (Å²) in [6.07, 6.45) is 11.8. The largest absolute Gasteiger partial charge is 0.157 e. The lowest BCUT2D eigenvalue weighted by atomic mass is 10.4. The van der Waals surface area contributed by atoms with E-state index in [0.717, 1.165) is 21.0 Å². The van der Waals surface area contributed by atoms with Crippen molar-refractivity contribution >= 4 is 47.0 Å². The van der Waals surface area contributed by atoms with Gasteiger partial charge in [-0.3, -0.25) is 0 Å². The van der Waals surface area contributed by atoms with Gasteiger partial charge in [0.2, 0.25) is 0 Å². The molecule has 3 aliphatic rings. The van der Waals surface area contributed by atoms with Crippen molar-refractivity contribution in [3.8, 4) is 0 Å². The topological polar surface area (TPSA) is 0 Å². The first-order chi connectivity index (χ1) is 9.93. The van der Waals surface area contributed by atoms with Gasteiger partial charge in [0, 0.05) is 21.0 Å². The summed E-state index contributed by atoms with van der Waals surface area (Å²) in [4.78, 5) is 0. The second kappa shape index (κ2) is 8.88. The SMILES string of the molecule is C1CS[C@H]2CCC[C@@H]2SCCCS[C@@H]2CCC[C@H]2SC1. The van der Waals surface area contributed by atoms with E-state index >= 15 is 0 Å². The van der Waals surface area contributed by atoms with Crippen molar-refractivity contribution in [2.75, 3.05) is 23.0 Å². The number of hydrogen-bond acceptors (Lipinski definition) is 4. The van der Waals surface area contributed by atoms with Crippen LogP contribution in [0.1, 0.15) is 51.4 Å². The van der Waals surface area contributed by atoms with E-state index in [-0.39, 0.29) is 0 Å². The van der Waals surface area contributed by atoms with Gasteiger partial charge < -0.3 is 0 Å². The van der Waals surface area contributed by atoms with Gasteiger partial charge in [-0.15, -0.1) is 0 Å². The molecule has 3 rings (SSSR count). The zero-order valence-electron chi connectivity index (χ0n) is 12.4. The Balaban J connectivity index is 1.49. The maximum Gasteiger partial charge on any atom is 0.0166 e. The van der Waals surface area contributed by atoms with Crippen LogP contribution >= 0.6 is 47.0 Å². The molecule has 4 atom stereocenters. The lowest BCUT2D eigenvalue weighted by Crippen LogP contribution is -2.16. The molecule has 3 fully saturated rings. The summed E-state index contributed by atoms with van der Waals surface area (Å²) < 4.78 is 0. The van der Waals surface area contributed by atoms with E-state index in [0.29, 0.717) is 0 Å². The molecule has 116 valence electrons. The fraction of sp³-hybridized carbons (Fsp3) is 1.00. The number of fused-ring (bicyclic) bond motifs is 2. The molecule has 0 aromatic rings. The minimum absolute atomic E-state index is 0.986. The molecule has 0 aromatic carbocycles. The van der Waals surface area contributed by atoms with Crippen molar-refractivity contribution in [2.45, 2.75) is 72.4 Å². The zero-order valence-corrected chi connectivity index (χ0v) is 15.7. The van der Waals surface area contributed by atoms with Crippen LogP contribution in [0.25, 0.3) is 0 Å². The summed E-state index contributed by atoms with van der Waals surface area (Å²) in [5.74, 6) is 5.66. The average molecular weight is 349 g/mol. The van der Waals surface area contributed by atoms with Crippen LogP contribution in [0.15, 0.2) is 0 Å². The molecule has 0 unspecified atom stereocenters. The van der Waals surface area contributed by atoms with Crippen LogP contribution in [-0.2, 0) is 0 Å². The molecule has 1 saturated heterocycles. The van der Waals surface area contributed by atoms with Crippen LogP contribution < -0.4 is 0 Å². The van der Waals surface area contributed by atoms with Gasteiger partial charge >= 0.3 is 0 Å². The van der Waals surface area contributed by atoms with Crippen LogP contribution in [0.4, 0.5) is 0 Å². The van der Waals surface area contributed by atoms with E-state index in [9.17, 15) is 0 Å². The highest BCUT2D eigenvalue weighted by Crippen LogP contribution is 2.41. The van der Waals surface area contributed by atoms with Crippen molar-refractivity contribution in [1.29, 1.82) is 0 Å². The van der Waals surface area contributed by atoms with Gasteiger partial charge in [-0.25, -0.2) is 0 Å². The Kier molecular flexibility index (Phi) is 7.22. The van der Waals surface area contributed by atoms with Crippen molar-refractivity contribution in [3.63, 3.8) is 0 Å². The minimum atomic E-state index is 0.986. The Hall–Kier alpha value is 1.40. The Morgan fingerprint density at radius 1 is 0.400 bits per heavy atom. The fourth-order valence-electron chi connectivity index (χ4n) is 3.60. The van der Waals surface area contributed by atoms with E-state index in [1.54, 1.807) is 0 Å². The van der Waals surface area contributed by atoms with Crippen molar-refractivity contribution < 1.29 is 0 Å². The fourth-order valence-corrected chi connectivity index (χ4v) is 10.1. The van der Waals surface area contributed by atoms with E-state index in [1.807, 2.05) is 0 Å². The summed E-state index contributed by atoms with van der Waals surface area (Å²) in [7, 11) is 0. The van der Waals surface area contributed by atoms with Crippen LogP contribution in [-0.4, -0.2) is 44.0 Å². The molecular formula is C16H28S4. The summed E-state index contributed by atoms with van der Waals surface area (Å²) in [5.41, 5.74) is 0. The Morgan fingerprint density at radius 3 is 1.00 bits per heavy atom. The molecule has 20 heavy (non-hydrogen) atoms. The maximum atomic E-state index is 2.30. The standard InChI is InChI=1S/C16H28S4/c1-5-13-14(6-1)18-10-4-12-20-16-8-2-7-15(16)19-11-3-9-17-13/h13-16H,1-12H2/t13-,14-,15+,16+. The van der Waals surface area contributed by atoms with Gasteiger partial charge in [-0.1, -0.05) is 12.8 Å². The van der Waals surface area contributed by atoms with Crippen LogP contribution in [0.2, 0.25) is 0 Å². The highest BCUT2D eigenvalue weighted by atomic mass is 32.2. The number of hydrogen-bond donors (Lipinski definition) is 0. The molecule has 0 nitrogen and oxygen atoms in total. The van der Waals surface area contributed by atoms with Crippen molar-refractivity contribution in [2.24, 2.45) is 0 Å². The molecule has 0 radical (unpaired) electrons. The smallest absolute Gasteiger partial charge is 0.0166 e. The summed E-state index contributed by atoms with van der Waals surface area (Å²) in [6.45, 7) is 0. The van der Waals surface area contributed by atoms with Gasteiger partial charge in [-0.05, 0) is 61.5 Å². The van der Waals surface area contributed by atoms with Crippen molar-refractivity contribution in [3.05, 3.63) is 0 Å². The van der Waals surface area contributed by atoms with Crippen LogP contribution in [0.3, 0.4) is 0 Å². The summed E-state index contributed by atoms with van der Waals surface area (Å²) in [6, 6.07) is 0. The van der Waals surface area contributed by atoms with Gasteiger partial charge in [0.15, 0.2) is 0 Å². The highest BCUT2D eigenvalue weighted by Gasteiger charge is 2.29. The molecule has 0 aromatic heterocycles. The Labute approximate surface area is 142 Å². The van der Waals surface area contributed by atoms with Gasteiger partial charge in [0.05, 0.1) is 0 Å². The van der Waals surface area contributed by atoms with Gasteiger partial charge in [-0.2, -0.15) is 47.0 Å². The molecule has 1 heterocycles. The predicted octanol–water partition coefficient (Wildman–Crippen LogP) is 5.56. The second-order valence-electron chi connectivity index (χ2n) is 6.21. The average Bonchev–Trinajstić information content (AvgIpc) is 3.07. The lowest BCUT2D eigenvalue weighted by Gasteiger charge is -2.22. The van der Waals surface area contributed by atoms with Crippen LogP contribution in [0, 0.1) is 0 Å². The minimum Gasteiger partial charge on any atom is -0.157 e. The third-order valence-electron chi connectivity index (χ3n) is 4.69. The quantitative estimate of drug-likeness (QED) is 0.562. The highest BCUT2D eigenvalue weighted by molar-refractivity contribution is 8.04. The number of thioether (sulfide) groups is 4. The van der Waals surface area contributed by atoms with E-state index < -0.39 is 0 Å². The molecule has 0 amide bonds. The molecule has 0 bridgehead atoms. The zero-order chi connectivity index (χ0) is 13.6. The molecule has 0 N–H and O–H groups in total. The molecular weight excluding hydrogens is 320 g/mol. The lowest BCUT2D eigenvalue weighted by molar-refractivity contribution is 0.888. The van der Waals surface area contributed by atoms with E-state index in [2.05, 4.69) is 47.0 Å². The van der Waals surface area contributed by atoms with Gasteiger partial charge in [0.25, 0.3) is 0 Å². The second-order valence-corrected chi connectivity index (χ2v) is 11.6. The van der Waals surface area contributed by atoms with E-state index in [4.69, 9.17) is 0 Å². The monoisotopic (exact) mass is 348 g/mol. The first-order valence-corrected chi connectivity index (χ1v) is 12.6. The summed E-state index contributed by atoms with van der Waals surface area (Å²) in [5, 5.41) is 3.94. The van der Waals surface area contributed by atoms with E-state index in [1.165, 1.54) is 74.4 Å². The number of rotatable bonds is 0. The molecule has 1 aliphatic heterocycles.